The average Bonchev–Trinajstić information content (AvgIpc) is 3.00. The monoisotopic (exact) mass is 623 g/mol. The molecule has 1 aromatic heterocycles. The first-order valence-electron chi connectivity index (χ1n) is 11.8. The molecule has 2 saturated carbocycles. The summed E-state index contributed by atoms with van der Waals surface area (Å²) < 4.78 is 0. The van der Waals surface area contributed by atoms with Gasteiger partial charge in [0.15, 0.2) is 0 Å². The van der Waals surface area contributed by atoms with E-state index in [0.717, 1.165) is 30.5 Å². The van der Waals surface area contributed by atoms with Crippen LogP contribution >= 0.6 is 0 Å². The van der Waals surface area contributed by atoms with E-state index in [0.29, 0.717) is 5.92 Å². The van der Waals surface area contributed by atoms with E-state index in [2.05, 4.69) is 69.9 Å². The first-order chi connectivity index (χ1) is 15.1. The summed E-state index contributed by atoms with van der Waals surface area (Å²) in [4.78, 5) is 4.48. The summed E-state index contributed by atoms with van der Waals surface area (Å²) in [6.07, 6.45) is 4.55. The molecule has 0 amide bonds. The molecular weight excluding hydrogens is 587 g/mol. The molecule has 33 heavy (non-hydrogen) atoms. The van der Waals surface area contributed by atoms with Crippen LogP contribution in [0.4, 0.5) is 0 Å². The molecule has 4 heteroatoms. The van der Waals surface area contributed by atoms with Gasteiger partial charge >= 0.3 is 0 Å². The molecule has 0 spiro atoms. The summed E-state index contributed by atoms with van der Waals surface area (Å²) in [5.41, 5.74) is 3.24. The molecule has 5 rings (SSSR count). The topological polar surface area (TPSA) is 53.4 Å². The van der Waals surface area contributed by atoms with E-state index in [9.17, 15) is 10.2 Å². The van der Waals surface area contributed by atoms with E-state index < -0.39 is 0 Å². The first kappa shape index (κ1) is 26.0. The fraction of sp³-hybridized carbons (Fsp3) is 0.483. The molecule has 1 heterocycles. The van der Waals surface area contributed by atoms with Crippen LogP contribution in [-0.2, 0) is 20.1 Å². The molecule has 3 nitrogen and oxygen atoms in total. The Labute approximate surface area is 212 Å². The van der Waals surface area contributed by atoms with Gasteiger partial charge in [-0.25, -0.2) is 0 Å². The van der Waals surface area contributed by atoms with Crippen molar-refractivity contribution < 1.29 is 30.3 Å². The van der Waals surface area contributed by atoms with Gasteiger partial charge in [-0.2, -0.15) is 0 Å². The number of hydrogen-bond acceptors (Lipinski definition) is 3. The molecule has 3 aromatic rings. The van der Waals surface area contributed by atoms with Crippen LogP contribution in [0, 0.1) is 35.7 Å². The molecule has 0 aliphatic heterocycles. The SMILES string of the molecule is CC1(C)CCC2CC(C)(C)C(O)C2C1O.Cc1ccc2cnc(-c3[c-]cccc3)cc2c1.[Ir]. The number of hydrogen-bond donors (Lipinski definition) is 2. The molecule has 1 radical (unpaired) electrons. The molecule has 2 fully saturated rings. The van der Waals surface area contributed by atoms with Crippen molar-refractivity contribution in [1.82, 2.24) is 4.98 Å². The van der Waals surface area contributed by atoms with Crippen molar-refractivity contribution in [2.24, 2.45) is 22.7 Å². The number of rotatable bonds is 1. The second-order valence-electron chi connectivity index (χ2n) is 11.1. The van der Waals surface area contributed by atoms with Crippen LogP contribution in [-0.4, -0.2) is 27.4 Å². The molecule has 0 saturated heterocycles. The van der Waals surface area contributed by atoms with Gasteiger partial charge in [0.1, 0.15) is 0 Å². The minimum absolute atomic E-state index is 0. The fourth-order valence-electron chi connectivity index (χ4n) is 5.62. The van der Waals surface area contributed by atoms with Crippen molar-refractivity contribution >= 4 is 10.8 Å². The fourth-order valence-corrected chi connectivity index (χ4v) is 5.62. The molecule has 4 atom stereocenters. The zero-order chi connectivity index (χ0) is 23.1. The van der Waals surface area contributed by atoms with E-state index in [-0.39, 0.29) is 49.1 Å². The van der Waals surface area contributed by atoms with E-state index >= 15 is 0 Å². The molecular formula is C29H36IrNO2-. The maximum Gasteiger partial charge on any atom is 0.0646 e. The third-order valence-corrected chi connectivity index (χ3v) is 7.68. The Kier molecular flexibility index (Phi) is 7.86. The van der Waals surface area contributed by atoms with Crippen LogP contribution < -0.4 is 0 Å². The van der Waals surface area contributed by atoms with Crippen LogP contribution in [0.15, 0.2) is 54.7 Å². The number of aromatic nitrogens is 1. The van der Waals surface area contributed by atoms with Crippen molar-refractivity contribution in [2.75, 3.05) is 0 Å². The van der Waals surface area contributed by atoms with E-state index in [1.54, 1.807) is 0 Å². The third-order valence-electron chi connectivity index (χ3n) is 7.68. The van der Waals surface area contributed by atoms with Gasteiger partial charge in [0, 0.05) is 32.2 Å². The standard InChI is InChI=1S/C16H12N.C13H24O2.Ir/c1-12-7-8-14-11-17-16(10-15(14)9-12)13-5-3-2-4-6-13;1-12(2)6-5-8-7-13(3,4)11(15)9(8)10(12)14;/h2-5,7-11H,1H3;8-11,14-15H,5-7H2,1-4H3;/q-1;;. The minimum atomic E-state index is -0.340. The van der Waals surface area contributed by atoms with Crippen LogP contribution in [0.3, 0.4) is 0 Å². The maximum atomic E-state index is 10.3. The summed E-state index contributed by atoms with van der Waals surface area (Å²) in [6, 6.07) is 19.6. The van der Waals surface area contributed by atoms with Crippen molar-refractivity contribution in [3.8, 4) is 11.3 Å². The Bertz CT molecular complexity index is 1080. The summed E-state index contributed by atoms with van der Waals surface area (Å²) in [5.74, 6) is 0.627. The predicted molar refractivity (Wildman–Crippen MR) is 131 cm³/mol. The Hall–Kier alpha value is -1.58. The Balaban J connectivity index is 0.000000182. The van der Waals surface area contributed by atoms with E-state index in [1.807, 2.05) is 30.5 Å². The molecule has 2 aliphatic rings. The minimum Gasteiger partial charge on any atom is -0.392 e. The van der Waals surface area contributed by atoms with Gasteiger partial charge in [0.2, 0.25) is 0 Å². The summed E-state index contributed by atoms with van der Waals surface area (Å²) >= 11 is 0. The molecule has 179 valence electrons. The van der Waals surface area contributed by atoms with Gasteiger partial charge in [0.05, 0.1) is 12.2 Å². The third kappa shape index (κ3) is 5.41. The Morgan fingerprint density at radius 3 is 2.36 bits per heavy atom. The van der Waals surface area contributed by atoms with Crippen LogP contribution in [0.25, 0.3) is 22.0 Å². The van der Waals surface area contributed by atoms with Gasteiger partial charge in [-0.15, -0.1) is 35.9 Å². The Morgan fingerprint density at radius 2 is 1.67 bits per heavy atom. The number of pyridine rings is 1. The van der Waals surface area contributed by atoms with Crippen molar-refractivity contribution in [3.63, 3.8) is 0 Å². The molecule has 2 aliphatic carbocycles. The summed E-state index contributed by atoms with van der Waals surface area (Å²) in [6.45, 7) is 10.6. The van der Waals surface area contributed by atoms with Gasteiger partial charge in [-0.1, -0.05) is 57.5 Å². The van der Waals surface area contributed by atoms with Gasteiger partial charge in [-0.3, -0.25) is 0 Å². The average molecular weight is 623 g/mol. The van der Waals surface area contributed by atoms with Crippen LogP contribution in [0.5, 0.6) is 0 Å². The van der Waals surface area contributed by atoms with E-state index in [4.69, 9.17) is 0 Å². The quantitative estimate of drug-likeness (QED) is 0.318. The molecule has 0 bridgehead atoms. The summed E-state index contributed by atoms with van der Waals surface area (Å²) in [5, 5.41) is 23.0. The smallest absolute Gasteiger partial charge is 0.0646 e. The number of aryl methyl sites for hydroxylation is 1. The normalized spacial score (nSPS) is 27.1. The molecule has 2 aromatic carbocycles. The van der Waals surface area contributed by atoms with Gasteiger partial charge < -0.3 is 15.2 Å². The number of nitrogens with zero attached hydrogens (tertiary/aromatic N) is 1. The number of aliphatic hydroxyl groups is 2. The summed E-state index contributed by atoms with van der Waals surface area (Å²) in [7, 11) is 0. The van der Waals surface area contributed by atoms with Gasteiger partial charge in [0.25, 0.3) is 0 Å². The molecule has 4 unspecified atom stereocenters. The zero-order valence-electron chi connectivity index (χ0n) is 20.3. The first-order valence-corrected chi connectivity index (χ1v) is 11.8. The van der Waals surface area contributed by atoms with Gasteiger partial charge in [-0.05, 0) is 59.4 Å². The predicted octanol–water partition coefficient (Wildman–Crippen LogP) is 6.20. The second kappa shape index (κ2) is 9.96. The van der Waals surface area contributed by atoms with Crippen LogP contribution in [0.1, 0.15) is 52.5 Å². The molecule has 2 N–H and O–H groups in total. The Morgan fingerprint density at radius 1 is 0.939 bits per heavy atom. The number of benzene rings is 2. The zero-order valence-corrected chi connectivity index (χ0v) is 22.7. The van der Waals surface area contributed by atoms with Crippen molar-refractivity contribution in [2.45, 2.75) is 66.1 Å². The van der Waals surface area contributed by atoms with Crippen LogP contribution in [0.2, 0.25) is 0 Å². The van der Waals surface area contributed by atoms with E-state index in [1.165, 1.54) is 16.3 Å². The van der Waals surface area contributed by atoms with Crippen molar-refractivity contribution in [1.29, 1.82) is 0 Å². The number of fused-ring (bicyclic) bond motifs is 2. The largest absolute Gasteiger partial charge is 0.392 e. The number of aliphatic hydroxyl groups excluding tert-OH is 2. The second-order valence-corrected chi connectivity index (χ2v) is 11.1. The van der Waals surface area contributed by atoms with Crippen molar-refractivity contribution in [3.05, 3.63) is 66.4 Å². The maximum absolute atomic E-state index is 10.3.